The van der Waals surface area contributed by atoms with E-state index >= 15 is 0 Å². The van der Waals surface area contributed by atoms with Gasteiger partial charge in [0.05, 0.1) is 23.9 Å². The summed E-state index contributed by atoms with van der Waals surface area (Å²) in [7, 11) is 0. The predicted molar refractivity (Wildman–Crippen MR) is 48.0 cm³/mol. The maximum Gasteiger partial charge on any atom is 0.0794 e. The van der Waals surface area contributed by atoms with Crippen LogP contribution < -0.4 is 5.32 Å². The molecular formula is C7H8N4S. The monoisotopic (exact) mass is 180 g/mol. The van der Waals surface area contributed by atoms with E-state index in [4.69, 9.17) is 0 Å². The molecule has 0 aromatic carbocycles. The Morgan fingerprint density at radius 1 is 1.50 bits per heavy atom. The summed E-state index contributed by atoms with van der Waals surface area (Å²) in [5.74, 6) is 0. The van der Waals surface area contributed by atoms with Gasteiger partial charge in [-0.3, -0.25) is 10.1 Å². The Hall–Kier alpha value is -1.36. The van der Waals surface area contributed by atoms with Gasteiger partial charge >= 0.3 is 0 Å². The first-order chi connectivity index (χ1) is 5.95. The van der Waals surface area contributed by atoms with Crippen molar-refractivity contribution in [2.24, 2.45) is 0 Å². The van der Waals surface area contributed by atoms with Crippen molar-refractivity contribution in [3.63, 3.8) is 0 Å². The number of H-pyrrole nitrogens is 1. The Morgan fingerprint density at radius 3 is 3.17 bits per heavy atom. The van der Waals surface area contributed by atoms with Gasteiger partial charge in [0.1, 0.15) is 0 Å². The van der Waals surface area contributed by atoms with Gasteiger partial charge in [0.15, 0.2) is 0 Å². The Kier molecular flexibility index (Phi) is 2.04. The zero-order valence-electron chi connectivity index (χ0n) is 6.32. The Bertz CT molecular complexity index is 279. The summed E-state index contributed by atoms with van der Waals surface area (Å²) >= 11 is 1.64. The van der Waals surface area contributed by atoms with Crippen molar-refractivity contribution in [1.82, 2.24) is 15.2 Å². The highest BCUT2D eigenvalue weighted by Gasteiger charge is 1.94. The lowest BCUT2D eigenvalue weighted by Gasteiger charge is -1.97. The first kappa shape index (κ1) is 7.30. The molecule has 0 amide bonds. The topological polar surface area (TPSA) is 53.6 Å². The van der Waals surface area contributed by atoms with Crippen molar-refractivity contribution in [1.29, 1.82) is 0 Å². The van der Waals surface area contributed by atoms with Crippen molar-refractivity contribution in [3.05, 3.63) is 29.0 Å². The van der Waals surface area contributed by atoms with E-state index in [2.05, 4.69) is 20.5 Å². The van der Waals surface area contributed by atoms with Gasteiger partial charge in [0.25, 0.3) is 0 Å². The Morgan fingerprint density at radius 2 is 2.50 bits per heavy atom. The molecule has 0 saturated carbocycles. The van der Waals surface area contributed by atoms with Gasteiger partial charge in [0, 0.05) is 17.3 Å². The number of rotatable bonds is 3. The molecule has 0 saturated heterocycles. The van der Waals surface area contributed by atoms with Crippen LogP contribution in [0.1, 0.15) is 4.88 Å². The van der Waals surface area contributed by atoms with Gasteiger partial charge in [-0.25, -0.2) is 0 Å². The average molecular weight is 180 g/mol. The third-order valence-electron chi connectivity index (χ3n) is 1.45. The zero-order chi connectivity index (χ0) is 8.23. The van der Waals surface area contributed by atoms with Crippen LogP contribution >= 0.6 is 11.3 Å². The van der Waals surface area contributed by atoms with Gasteiger partial charge in [-0.05, 0) is 0 Å². The van der Waals surface area contributed by atoms with E-state index in [1.54, 1.807) is 17.5 Å². The standard InChI is InChI=1S/C7H8N4S/c1-6(2-11-10-1)9-4-7-3-8-5-12-7/h1-3,5,9H,4H2,(H,10,11). The van der Waals surface area contributed by atoms with E-state index < -0.39 is 0 Å². The largest absolute Gasteiger partial charge is 0.378 e. The Labute approximate surface area is 73.7 Å². The first-order valence-electron chi connectivity index (χ1n) is 3.55. The van der Waals surface area contributed by atoms with Gasteiger partial charge in [-0.15, -0.1) is 11.3 Å². The third-order valence-corrected chi connectivity index (χ3v) is 2.23. The summed E-state index contributed by atoms with van der Waals surface area (Å²) < 4.78 is 0. The van der Waals surface area contributed by atoms with E-state index in [0.29, 0.717) is 0 Å². The summed E-state index contributed by atoms with van der Waals surface area (Å²) in [5.41, 5.74) is 2.83. The van der Waals surface area contributed by atoms with Crippen LogP contribution in [0.25, 0.3) is 0 Å². The molecule has 0 aliphatic rings. The fourth-order valence-corrected chi connectivity index (χ4v) is 1.40. The molecule has 5 heteroatoms. The van der Waals surface area contributed by atoms with Gasteiger partial charge in [-0.1, -0.05) is 0 Å². The van der Waals surface area contributed by atoms with Crippen LogP contribution in [-0.4, -0.2) is 15.2 Å². The fraction of sp³-hybridized carbons (Fsp3) is 0.143. The van der Waals surface area contributed by atoms with Crippen LogP contribution in [0.5, 0.6) is 0 Å². The molecule has 2 aromatic rings. The third kappa shape index (κ3) is 1.62. The number of hydrogen-bond acceptors (Lipinski definition) is 4. The van der Waals surface area contributed by atoms with Gasteiger partial charge in [-0.2, -0.15) is 5.10 Å². The molecule has 0 aliphatic heterocycles. The maximum absolute atomic E-state index is 3.98. The number of aromatic amines is 1. The fourth-order valence-electron chi connectivity index (χ4n) is 0.866. The van der Waals surface area contributed by atoms with E-state index in [1.165, 1.54) is 4.88 Å². The van der Waals surface area contributed by atoms with Crippen LogP contribution in [0.3, 0.4) is 0 Å². The van der Waals surface area contributed by atoms with Crippen molar-refractivity contribution >= 4 is 17.0 Å². The van der Waals surface area contributed by atoms with E-state index in [0.717, 1.165) is 12.2 Å². The second-order valence-electron chi connectivity index (χ2n) is 2.31. The molecule has 0 spiro atoms. The van der Waals surface area contributed by atoms with Crippen LogP contribution in [0.4, 0.5) is 5.69 Å². The molecule has 0 unspecified atom stereocenters. The van der Waals surface area contributed by atoms with Crippen molar-refractivity contribution in [2.75, 3.05) is 5.32 Å². The average Bonchev–Trinajstić information content (AvgIpc) is 2.74. The molecule has 2 heterocycles. The maximum atomic E-state index is 3.98. The highest BCUT2D eigenvalue weighted by Crippen LogP contribution is 2.08. The molecule has 0 atom stereocenters. The highest BCUT2D eigenvalue weighted by molar-refractivity contribution is 7.09. The molecule has 0 fully saturated rings. The van der Waals surface area contributed by atoms with E-state index in [1.807, 2.05) is 17.9 Å². The summed E-state index contributed by atoms with van der Waals surface area (Å²) in [4.78, 5) is 5.20. The van der Waals surface area contributed by atoms with Crippen molar-refractivity contribution in [2.45, 2.75) is 6.54 Å². The zero-order valence-corrected chi connectivity index (χ0v) is 7.14. The lowest BCUT2D eigenvalue weighted by atomic mass is 10.5. The molecule has 2 N–H and O–H groups in total. The van der Waals surface area contributed by atoms with Crippen LogP contribution in [0, 0.1) is 0 Å². The molecule has 4 nitrogen and oxygen atoms in total. The number of nitrogens with zero attached hydrogens (tertiary/aromatic N) is 2. The number of anilines is 1. The van der Waals surface area contributed by atoms with Crippen molar-refractivity contribution < 1.29 is 0 Å². The highest BCUT2D eigenvalue weighted by atomic mass is 32.1. The van der Waals surface area contributed by atoms with E-state index in [9.17, 15) is 0 Å². The normalized spacial score (nSPS) is 10.0. The molecule has 12 heavy (non-hydrogen) atoms. The van der Waals surface area contributed by atoms with Crippen LogP contribution in [-0.2, 0) is 6.54 Å². The molecule has 0 aliphatic carbocycles. The quantitative estimate of drug-likeness (QED) is 0.752. The van der Waals surface area contributed by atoms with E-state index in [-0.39, 0.29) is 0 Å². The second kappa shape index (κ2) is 3.36. The smallest absolute Gasteiger partial charge is 0.0794 e. The molecule has 2 rings (SSSR count). The summed E-state index contributed by atoms with van der Waals surface area (Å²) in [5, 5.41) is 9.76. The molecular weight excluding hydrogens is 172 g/mol. The van der Waals surface area contributed by atoms with Crippen LogP contribution in [0.15, 0.2) is 24.1 Å². The lowest BCUT2D eigenvalue weighted by Crippen LogP contribution is -1.95. The van der Waals surface area contributed by atoms with Gasteiger partial charge < -0.3 is 5.32 Å². The number of nitrogens with one attached hydrogen (secondary N) is 2. The van der Waals surface area contributed by atoms with Gasteiger partial charge in [0.2, 0.25) is 0 Å². The molecule has 62 valence electrons. The molecule has 0 bridgehead atoms. The second-order valence-corrected chi connectivity index (χ2v) is 3.28. The summed E-state index contributed by atoms with van der Waals surface area (Å²) in [6, 6.07) is 0. The predicted octanol–water partition coefficient (Wildman–Crippen LogP) is 1.48. The molecule has 2 aromatic heterocycles. The number of thiazole rings is 1. The minimum absolute atomic E-state index is 0.810. The summed E-state index contributed by atoms with van der Waals surface area (Å²) in [6.45, 7) is 0.810. The minimum atomic E-state index is 0.810. The minimum Gasteiger partial charge on any atom is -0.378 e. The first-order valence-corrected chi connectivity index (χ1v) is 4.43. The number of hydrogen-bond donors (Lipinski definition) is 2. The molecule has 0 radical (unpaired) electrons. The SMILES string of the molecule is c1ncc(CNc2cn[nH]c2)s1. The van der Waals surface area contributed by atoms with Crippen LogP contribution in [0.2, 0.25) is 0 Å². The lowest BCUT2D eigenvalue weighted by molar-refractivity contribution is 1.09. The summed E-state index contributed by atoms with van der Waals surface area (Å²) in [6.07, 6.45) is 5.43. The van der Waals surface area contributed by atoms with Crippen molar-refractivity contribution in [3.8, 4) is 0 Å². The number of aromatic nitrogens is 3. The Balaban J connectivity index is 1.91.